The lowest BCUT2D eigenvalue weighted by Crippen LogP contribution is -2.70. The number of hydrogen-bond donors (Lipinski definition) is 0. The van der Waals surface area contributed by atoms with Crippen LogP contribution in [-0.4, -0.2) is 29.9 Å². The van der Waals surface area contributed by atoms with Gasteiger partial charge in [0.25, 0.3) is 0 Å². The molecule has 0 radical (unpaired) electrons. The van der Waals surface area contributed by atoms with Crippen LogP contribution >= 0.6 is 0 Å². The first-order valence-corrected chi connectivity index (χ1v) is 8.73. The van der Waals surface area contributed by atoms with E-state index in [1.165, 1.54) is 6.92 Å². The minimum absolute atomic E-state index is 0.0415. The molecule has 1 saturated carbocycles. The largest absolute Gasteiger partial charge is 0.436 e. The molecule has 2 bridgehead atoms. The van der Waals surface area contributed by atoms with Crippen molar-refractivity contribution in [2.24, 2.45) is 23.7 Å². The fraction of sp³-hybridized carbons (Fsp3) is 0.941. The number of ether oxygens (including phenoxy) is 3. The fourth-order valence-corrected chi connectivity index (χ4v) is 5.17. The number of fused-ring (bicyclic) bond motifs is 2. The van der Waals surface area contributed by atoms with Crippen molar-refractivity contribution in [3.8, 4) is 0 Å². The van der Waals surface area contributed by atoms with E-state index in [0.29, 0.717) is 11.8 Å². The maximum atomic E-state index is 11.4. The molecule has 0 aromatic carbocycles. The molecule has 8 atom stereocenters. The topological polar surface area (TPSA) is 63.2 Å². The van der Waals surface area contributed by atoms with E-state index in [4.69, 9.17) is 24.0 Å². The summed E-state index contributed by atoms with van der Waals surface area (Å²) in [6.45, 7) is 7.64. The van der Waals surface area contributed by atoms with Gasteiger partial charge in [0.05, 0.1) is 0 Å². The molecule has 0 N–H and O–H groups in total. The second kappa shape index (κ2) is 5.15. The number of carbonyl (C=O) groups excluding carboxylic acids is 1. The zero-order valence-corrected chi connectivity index (χ0v) is 14.2. The van der Waals surface area contributed by atoms with Gasteiger partial charge in [0, 0.05) is 25.2 Å². The summed E-state index contributed by atoms with van der Waals surface area (Å²) in [6.07, 6.45) is 2.78. The zero-order valence-electron chi connectivity index (χ0n) is 14.2. The summed E-state index contributed by atoms with van der Waals surface area (Å²) in [5.41, 5.74) is -0.594. The molecule has 0 aromatic rings. The molecule has 0 aromatic heterocycles. The minimum Gasteiger partial charge on any atom is -0.436 e. The Morgan fingerprint density at radius 1 is 1.13 bits per heavy atom. The lowest BCUT2D eigenvalue weighted by Gasteiger charge is -2.59. The molecule has 4 aliphatic heterocycles. The predicted molar refractivity (Wildman–Crippen MR) is 78.6 cm³/mol. The standard InChI is InChI=1S/C17H26O6/c1-9-5-6-13-10(2)14(19-11(3)18)20-15-17(13)12(9)7-8-16(4,21-15)22-23-17/h9-10,12-15H,5-8H2,1-4H3/t9-,10-,12+,13?,14?,15?,16+,17-/m1/s1. The van der Waals surface area contributed by atoms with Crippen molar-refractivity contribution >= 4 is 5.97 Å². The SMILES string of the molecule is CC(=O)OC1OC2O[C@]3(C)CC[C@H]4[C@H](C)CCC([C@H]1C)[C@@]24OO3. The van der Waals surface area contributed by atoms with E-state index in [2.05, 4.69) is 13.8 Å². The van der Waals surface area contributed by atoms with Crippen molar-refractivity contribution in [1.29, 1.82) is 0 Å². The normalized spacial score (nSPS) is 55.0. The molecule has 3 unspecified atom stereocenters. The molecule has 1 aliphatic carbocycles. The van der Waals surface area contributed by atoms with Crippen molar-refractivity contribution in [1.82, 2.24) is 0 Å². The van der Waals surface area contributed by atoms with Gasteiger partial charge in [-0.3, -0.25) is 4.79 Å². The van der Waals surface area contributed by atoms with Crippen LogP contribution in [0.25, 0.3) is 0 Å². The summed E-state index contributed by atoms with van der Waals surface area (Å²) in [5.74, 6) is -0.0347. The summed E-state index contributed by atoms with van der Waals surface area (Å²) in [4.78, 5) is 23.2. The molecule has 6 nitrogen and oxygen atoms in total. The monoisotopic (exact) mass is 326 g/mol. The minimum atomic E-state index is -0.793. The second-order valence-electron chi connectivity index (χ2n) is 7.88. The first-order valence-electron chi connectivity index (χ1n) is 8.73. The molecule has 130 valence electrons. The number of hydrogen-bond acceptors (Lipinski definition) is 6. The number of esters is 1. The maximum absolute atomic E-state index is 11.4. The molecule has 4 heterocycles. The lowest BCUT2D eigenvalue weighted by molar-refractivity contribution is -0.576. The van der Waals surface area contributed by atoms with Crippen LogP contribution in [0.2, 0.25) is 0 Å². The second-order valence-corrected chi connectivity index (χ2v) is 7.88. The van der Waals surface area contributed by atoms with E-state index in [1.807, 2.05) is 6.92 Å². The summed E-state index contributed by atoms with van der Waals surface area (Å²) >= 11 is 0. The summed E-state index contributed by atoms with van der Waals surface area (Å²) in [6, 6.07) is 0. The van der Waals surface area contributed by atoms with Gasteiger partial charge in [0.15, 0.2) is 11.9 Å². The highest BCUT2D eigenvalue weighted by molar-refractivity contribution is 5.66. The van der Waals surface area contributed by atoms with Gasteiger partial charge in [-0.25, -0.2) is 9.78 Å². The molecular weight excluding hydrogens is 300 g/mol. The number of carbonyl (C=O) groups is 1. The van der Waals surface area contributed by atoms with E-state index in [-0.39, 0.29) is 17.8 Å². The average molecular weight is 326 g/mol. The molecule has 5 rings (SSSR count). The quantitative estimate of drug-likeness (QED) is 0.545. The Morgan fingerprint density at radius 3 is 2.65 bits per heavy atom. The predicted octanol–water partition coefficient (Wildman–Crippen LogP) is 2.76. The van der Waals surface area contributed by atoms with Gasteiger partial charge in [-0.1, -0.05) is 13.8 Å². The first-order chi connectivity index (χ1) is 10.9. The third-order valence-corrected chi connectivity index (χ3v) is 6.38. The van der Waals surface area contributed by atoms with Gasteiger partial charge in [0.2, 0.25) is 12.1 Å². The summed E-state index contributed by atoms with van der Waals surface area (Å²) in [7, 11) is 0. The Bertz CT molecular complexity index is 509. The molecule has 5 aliphatic rings. The van der Waals surface area contributed by atoms with Crippen molar-refractivity contribution in [3.05, 3.63) is 0 Å². The highest BCUT2D eigenvalue weighted by atomic mass is 17.3. The van der Waals surface area contributed by atoms with Crippen LogP contribution in [0.5, 0.6) is 0 Å². The van der Waals surface area contributed by atoms with Gasteiger partial charge in [-0.15, -0.1) is 0 Å². The van der Waals surface area contributed by atoms with Crippen molar-refractivity contribution in [2.45, 2.75) is 77.3 Å². The van der Waals surface area contributed by atoms with Crippen LogP contribution in [0.3, 0.4) is 0 Å². The van der Waals surface area contributed by atoms with Crippen molar-refractivity contribution < 1.29 is 28.8 Å². The van der Waals surface area contributed by atoms with Gasteiger partial charge in [0.1, 0.15) is 0 Å². The van der Waals surface area contributed by atoms with Gasteiger partial charge < -0.3 is 14.2 Å². The molecule has 1 spiro atoms. The van der Waals surface area contributed by atoms with Crippen LogP contribution in [0.15, 0.2) is 0 Å². The Hall–Kier alpha value is -0.690. The smallest absolute Gasteiger partial charge is 0.304 e. The molecule has 5 fully saturated rings. The molecule has 0 amide bonds. The number of rotatable bonds is 1. The zero-order chi connectivity index (χ0) is 16.4. The Labute approximate surface area is 136 Å². The summed E-state index contributed by atoms with van der Waals surface area (Å²) in [5, 5.41) is 0. The van der Waals surface area contributed by atoms with Gasteiger partial charge in [-0.05, 0) is 38.0 Å². The summed E-state index contributed by atoms with van der Waals surface area (Å²) < 4.78 is 17.7. The van der Waals surface area contributed by atoms with E-state index in [0.717, 1.165) is 25.7 Å². The van der Waals surface area contributed by atoms with E-state index in [1.54, 1.807) is 0 Å². The molecule has 23 heavy (non-hydrogen) atoms. The average Bonchev–Trinajstić information content (AvgIpc) is 2.70. The van der Waals surface area contributed by atoms with Crippen LogP contribution in [0.1, 0.15) is 53.4 Å². The third-order valence-electron chi connectivity index (χ3n) is 6.38. The Balaban J connectivity index is 1.74. The van der Waals surface area contributed by atoms with Crippen LogP contribution in [0, 0.1) is 23.7 Å². The molecule has 4 saturated heterocycles. The van der Waals surface area contributed by atoms with Gasteiger partial charge in [-0.2, -0.15) is 0 Å². The van der Waals surface area contributed by atoms with E-state index < -0.39 is 24.0 Å². The maximum Gasteiger partial charge on any atom is 0.304 e. The first kappa shape index (κ1) is 15.8. The highest BCUT2D eigenvalue weighted by Crippen LogP contribution is 2.60. The van der Waals surface area contributed by atoms with Crippen molar-refractivity contribution in [2.75, 3.05) is 0 Å². The Kier molecular flexibility index (Phi) is 3.54. The highest BCUT2D eigenvalue weighted by Gasteiger charge is 2.69. The van der Waals surface area contributed by atoms with Crippen molar-refractivity contribution in [3.63, 3.8) is 0 Å². The van der Waals surface area contributed by atoms with Crippen LogP contribution in [-0.2, 0) is 28.8 Å². The molecular formula is C17H26O6. The Morgan fingerprint density at radius 2 is 1.91 bits per heavy atom. The molecule has 6 heteroatoms. The lowest BCUT2D eigenvalue weighted by atomic mass is 9.58. The van der Waals surface area contributed by atoms with Crippen LogP contribution in [0.4, 0.5) is 0 Å². The third kappa shape index (κ3) is 2.18. The van der Waals surface area contributed by atoms with Gasteiger partial charge >= 0.3 is 5.97 Å². The van der Waals surface area contributed by atoms with Crippen LogP contribution < -0.4 is 0 Å². The van der Waals surface area contributed by atoms with E-state index in [9.17, 15) is 4.79 Å². The fourth-order valence-electron chi connectivity index (χ4n) is 5.17. The van der Waals surface area contributed by atoms with E-state index >= 15 is 0 Å².